The maximum absolute atomic E-state index is 2.45. The Labute approximate surface area is 149 Å². The van der Waals surface area contributed by atoms with Crippen molar-refractivity contribution in [2.24, 2.45) is 0 Å². The summed E-state index contributed by atoms with van der Waals surface area (Å²) in [6.07, 6.45) is 1.13. The lowest BCUT2D eigenvalue weighted by Gasteiger charge is -2.09. The number of hydrogen-bond acceptors (Lipinski definition) is 0. The van der Waals surface area contributed by atoms with Crippen LogP contribution in [0, 0.1) is 0 Å². The maximum Gasteiger partial charge on any atom is 0.166 e. The van der Waals surface area contributed by atoms with Crippen molar-refractivity contribution in [1.82, 2.24) is 0 Å². The van der Waals surface area contributed by atoms with E-state index in [0.29, 0.717) is 0 Å². The van der Waals surface area contributed by atoms with Crippen molar-refractivity contribution in [2.45, 2.75) is 21.1 Å². The normalized spacial score (nSPS) is 10.8. The Bertz CT molecular complexity index is 671. The van der Waals surface area contributed by atoms with Gasteiger partial charge in [0.05, 0.1) is 10.9 Å². The SMILES string of the molecule is ICCc1cccc([S+](c2ccccc2)c2ccccc2)c1. The Hall–Kier alpha value is -1.26. The third-order valence-electron chi connectivity index (χ3n) is 3.48. The van der Waals surface area contributed by atoms with E-state index in [1.54, 1.807) is 0 Å². The van der Waals surface area contributed by atoms with Crippen molar-refractivity contribution in [1.29, 1.82) is 0 Å². The van der Waals surface area contributed by atoms with Crippen LogP contribution in [0.15, 0.2) is 99.6 Å². The summed E-state index contributed by atoms with van der Waals surface area (Å²) in [6.45, 7) is 0. The molecule has 3 rings (SSSR count). The molecule has 110 valence electrons. The molecule has 0 aliphatic carbocycles. The number of benzene rings is 3. The lowest BCUT2D eigenvalue weighted by Crippen LogP contribution is -2.05. The second-order valence-corrected chi connectivity index (χ2v) is 8.12. The van der Waals surface area contributed by atoms with Gasteiger partial charge in [0.1, 0.15) is 0 Å². The molecule has 0 saturated carbocycles. The predicted octanol–water partition coefficient (Wildman–Crippen LogP) is 5.76. The number of alkyl halides is 1. The van der Waals surface area contributed by atoms with Crippen molar-refractivity contribution in [3.63, 3.8) is 0 Å². The molecule has 2 heteroatoms. The minimum absolute atomic E-state index is 0.0309. The van der Waals surface area contributed by atoms with Crippen LogP contribution >= 0.6 is 22.6 Å². The van der Waals surface area contributed by atoms with Gasteiger partial charge in [-0.2, -0.15) is 0 Å². The Morgan fingerprint density at radius 3 is 1.73 bits per heavy atom. The molecule has 0 unspecified atom stereocenters. The molecule has 0 aliphatic heterocycles. The molecule has 0 amide bonds. The van der Waals surface area contributed by atoms with E-state index in [9.17, 15) is 0 Å². The van der Waals surface area contributed by atoms with Gasteiger partial charge < -0.3 is 0 Å². The summed E-state index contributed by atoms with van der Waals surface area (Å²) in [7, 11) is -0.0309. The maximum atomic E-state index is 2.45. The molecule has 0 heterocycles. The fourth-order valence-electron chi connectivity index (χ4n) is 2.46. The van der Waals surface area contributed by atoms with Gasteiger partial charge in [-0.25, -0.2) is 0 Å². The van der Waals surface area contributed by atoms with Crippen LogP contribution in [-0.2, 0) is 17.3 Å². The van der Waals surface area contributed by atoms with Gasteiger partial charge in [0.25, 0.3) is 0 Å². The fourth-order valence-corrected chi connectivity index (χ4v) is 5.24. The van der Waals surface area contributed by atoms with Gasteiger partial charge in [0.15, 0.2) is 14.7 Å². The molecule has 3 aromatic carbocycles. The number of aryl methyl sites for hydroxylation is 1. The van der Waals surface area contributed by atoms with Crippen LogP contribution < -0.4 is 0 Å². The summed E-state index contributed by atoms with van der Waals surface area (Å²) in [4.78, 5) is 4.15. The lowest BCUT2D eigenvalue weighted by molar-refractivity contribution is 1.15. The third kappa shape index (κ3) is 3.73. The summed E-state index contributed by atoms with van der Waals surface area (Å²) in [5.41, 5.74) is 1.43. The van der Waals surface area contributed by atoms with E-state index in [1.807, 2.05) is 0 Å². The quantitative estimate of drug-likeness (QED) is 0.281. The van der Waals surface area contributed by atoms with Crippen LogP contribution in [0.25, 0.3) is 0 Å². The Balaban J connectivity index is 2.08. The minimum atomic E-state index is -0.0309. The van der Waals surface area contributed by atoms with Crippen molar-refractivity contribution < 1.29 is 0 Å². The van der Waals surface area contributed by atoms with E-state index in [2.05, 4.69) is 108 Å². The molecule has 0 bridgehead atoms. The number of hydrogen-bond donors (Lipinski definition) is 0. The van der Waals surface area contributed by atoms with Gasteiger partial charge in [-0.05, 0) is 48.4 Å². The van der Waals surface area contributed by atoms with Gasteiger partial charge in [0.2, 0.25) is 0 Å². The predicted molar refractivity (Wildman–Crippen MR) is 104 cm³/mol. The van der Waals surface area contributed by atoms with Crippen molar-refractivity contribution in [3.05, 3.63) is 90.5 Å². The molecule has 0 atom stereocenters. The molecule has 0 saturated heterocycles. The molecule has 0 N–H and O–H groups in total. The highest BCUT2D eigenvalue weighted by atomic mass is 127. The lowest BCUT2D eigenvalue weighted by atomic mass is 10.2. The van der Waals surface area contributed by atoms with Crippen LogP contribution in [0.4, 0.5) is 0 Å². The Morgan fingerprint density at radius 2 is 1.18 bits per heavy atom. The molecule has 0 nitrogen and oxygen atoms in total. The number of rotatable bonds is 5. The average molecular weight is 417 g/mol. The smallest absolute Gasteiger partial charge is 0.0860 e. The topological polar surface area (TPSA) is 0 Å². The summed E-state index contributed by atoms with van der Waals surface area (Å²) < 4.78 is 1.16. The summed E-state index contributed by atoms with van der Waals surface area (Å²) in [5, 5.41) is 0. The molecule has 3 aromatic rings. The van der Waals surface area contributed by atoms with E-state index in [1.165, 1.54) is 20.2 Å². The second-order valence-electron chi connectivity index (χ2n) is 5.02. The van der Waals surface area contributed by atoms with Crippen molar-refractivity contribution in [2.75, 3.05) is 4.43 Å². The van der Waals surface area contributed by atoms with Crippen LogP contribution in [0.1, 0.15) is 5.56 Å². The molecular formula is C20H18IS+. The van der Waals surface area contributed by atoms with E-state index in [4.69, 9.17) is 0 Å². The highest BCUT2D eigenvalue weighted by Crippen LogP contribution is 2.31. The van der Waals surface area contributed by atoms with Gasteiger partial charge >= 0.3 is 0 Å². The highest BCUT2D eigenvalue weighted by molar-refractivity contribution is 14.1. The van der Waals surface area contributed by atoms with Crippen LogP contribution in [0.5, 0.6) is 0 Å². The summed E-state index contributed by atoms with van der Waals surface area (Å²) >= 11 is 2.45. The van der Waals surface area contributed by atoms with E-state index in [-0.39, 0.29) is 10.9 Å². The van der Waals surface area contributed by atoms with Gasteiger partial charge in [0, 0.05) is 4.43 Å². The number of halogens is 1. The molecule has 22 heavy (non-hydrogen) atoms. The van der Waals surface area contributed by atoms with Crippen molar-refractivity contribution in [3.8, 4) is 0 Å². The first-order valence-corrected chi connectivity index (χ1v) is 10.1. The second kappa shape index (κ2) is 7.84. The van der Waals surface area contributed by atoms with Gasteiger partial charge in [-0.3, -0.25) is 0 Å². The van der Waals surface area contributed by atoms with Gasteiger partial charge in [-0.15, -0.1) is 0 Å². The first kappa shape index (κ1) is 15.6. The monoisotopic (exact) mass is 417 g/mol. The zero-order valence-corrected chi connectivity index (χ0v) is 15.3. The minimum Gasteiger partial charge on any atom is -0.0860 e. The highest BCUT2D eigenvalue weighted by Gasteiger charge is 2.28. The van der Waals surface area contributed by atoms with E-state index in [0.717, 1.165) is 10.8 Å². The van der Waals surface area contributed by atoms with Crippen LogP contribution in [-0.4, -0.2) is 4.43 Å². The Morgan fingerprint density at radius 1 is 0.636 bits per heavy atom. The molecule has 0 aliphatic rings. The van der Waals surface area contributed by atoms with Gasteiger partial charge in [-0.1, -0.05) is 71.1 Å². The summed E-state index contributed by atoms with van der Waals surface area (Å²) in [5.74, 6) is 0. The summed E-state index contributed by atoms with van der Waals surface area (Å²) in [6, 6.07) is 30.7. The average Bonchev–Trinajstić information content (AvgIpc) is 2.58. The molecular weight excluding hydrogens is 399 g/mol. The van der Waals surface area contributed by atoms with E-state index >= 15 is 0 Å². The van der Waals surface area contributed by atoms with Crippen LogP contribution in [0.2, 0.25) is 0 Å². The van der Waals surface area contributed by atoms with Crippen LogP contribution in [0.3, 0.4) is 0 Å². The fraction of sp³-hybridized carbons (Fsp3) is 0.100. The largest absolute Gasteiger partial charge is 0.166 e. The molecule has 0 radical (unpaired) electrons. The zero-order valence-electron chi connectivity index (χ0n) is 12.3. The first-order chi connectivity index (χ1) is 10.9. The zero-order chi connectivity index (χ0) is 15.2. The molecule has 0 spiro atoms. The first-order valence-electron chi connectivity index (χ1n) is 7.38. The Kier molecular flexibility index (Phi) is 5.57. The molecule has 0 aromatic heterocycles. The van der Waals surface area contributed by atoms with Crippen molar-refractivity contribution >= 4 is 33.5 Å². The third-order valence-corrected chi connectivity index (χ3v) is 6.23. The molecule has 0 fully saturated rings. The van der Waals surface area contributed by atoms with E-state index < -0.39 is 0 Å². The standard InChI is InChI=1S/C20H18IS/c21-15-14-17-8-7-13-20(16-17)22(18-9-3-1-4-10-18)19-11-5-2-6-12-19/h1-13,16H,14-15H2/q+1.